The second kappa shape index (κ2) is 13.8. The van der Waals surface area contributed by atoms with E-state index in [1.807, 2.05) is 0 Å². The zero-order valence-corrected chi connectivity index (χ0v) is 16.0. The van der Waals surface area contributed by atoms with Gasteiger partial charge in [-0.15, -0.1) is 0 Å². The zero-order valence-electron chi connectivity index (χ0n) is 16.0. The third-order valence-corrected chi connectivity index (χ3v) is 4.36. The van der Waals surface area contributed by atoms with Gasteiger partial charge in [0.25, 0.3) is 0 Å². The summed E-state index contributed by atoms with van der Waals surface area (Å²) in [4.78, 5) is 24.9. The highest BCUT2D eigenvalue weighted by atomic mass is 16.5. The fraction of sp³-hybridized carbons (Fsp3) is 0.882. The van der Waals surface area contributed by atoms with Gasteiger partial charge in [0.05, 0.1) is 52.9 Å². The summed E-state index contributed by atoms with van der Waals surface area (Å²) in [6, 6.07) is 0. The Kier molecular flexibility index (Phi) is 12.1. The lowest BCUT2D eigenvalue weighted by atomic mass is 9.93. The molecule has 0 aromatic carbocycles. The maximum absolute atomic E-state index is 11.8. The second-order valence-electron chi connectivity index (χ2n) is 6.01. The van der Waals surface area contributed by atoms with Crippen molar-refractivity contribution in [1.82, 2.24) is 10.2 Å². The molecule has 0 aromatic rings. The van der Waals surface area contributed by atoms with Crippen LogP contribution in [-0.4, -0.2) is 112 Å². The number of carboxylic acid groups (broad SMARTS) is 2. The molecule has 1 heterocycles. The van der Waals surface area contributed by atoms with Crippen LogP contribution in [0.3, 0.4) is 0 Å². The number of carbonyl (C=O) groups is 2. The maximum Gasteiger partial charge on any atom is 0.335 e. The second-order valence-corrected chi connectivity index (χ2v) is 6.01. The van der Waals surface area contributed by atoms with E-state index in [9.17, 15) is 19.8 Å². The van der Waals surface area contributed by atoms with Crippen molar-refractivity contribution in [1.29, 1.82) is 0 Å². The molecule has 158 valence electrons. The molecule has 0 amide bonds. The van der Waals surface area contributed by atoms with Gasteiger partial charge >= 0.3 is 11.9 Å². The molecule has 0 unspecified atom stereocenters. The SMILES string of the molecule is CCC(C(=O)O)(C(=O)O)N1CCOCCOCCNCCOCCOCC1. The smallest absolute Gasteiger partial charge is 0.335 e. The van der Waals surface area contributed by atoms with Crippen LogP contribution in [0, 0.1) is 0 Å². The van der Waals surface area contributed by atoms with Crippen LogP contribution < -0.4 is 5.32 Å². The molecule has 0 spiro atoms. The summed E-state index contributed by atoms with van der Waals surface area (Å²) in [6.45, 7) is 6.33. The molecule has 0 aromatic heterocycles. The molecule has 0 bridgehead atoms. The molecule has 27 heavy (non-hydrogen) atoms. The van der Waals surface area contributed by atoms with E-state index >= 15 is 0 Å². The average molecular weight is 392 g/mol. The molecule has 0 aliphatic carbocycles. The molecular formula is C17H32N2O8. The minimum absolute atomic E-state index is 0.0725. The molecule has 1 rings (SSSR count). The van der Waals surface area contributed by atoms with Crippen LogP contribution >= 0.6 is 0 Å². The number of hydrogen-bond acceptors (Lipinski definition) is 8. The van der Waals surface area contributed by atoms with Crippen LogP contribution in [0.25, 0.3) is 0 Å². The maximum atomic E-state index is 11.8. The van der Waals surface area contributed by atoms with Crippen molar-refractivity contribution in [2.75, 3.05) is 79.0 Å². The molecular weight excluding hydrogens is 360 g/mol. The predicted octanol–water partition coefficient (Wildman–Crippen LogP) is -0.724. The summed E-state index contributed by atoms with van der Waals surface area (Å²) in [5.41, 5.74) is -2.01. The lowest BCUT2D eigenvalue weighted by molar-refractivity contribution is -0.169. The Morgan fingerprint density at radius 2 is 1.22 bits per heavy atom. The third kappa shape index (κ3) is 8.08. The molecule has 1 aliphatic heterocycles. The largest absolute Gasteiger partial charge is 0.479 e. The monoisotopic (exact) mass is 392 g/mol. The van der Waals surface area contributed by atoms with Gasteiger partial charge in [0.15, 0.2) is 0 Å². The first kappa shape index (κ1) is 23.7. The van der Waals surface area contributed by atoms with Crippen molar-refractivity contribution in [3.63, 3.8) is 0 Å². The van der Waals surface area contributed by atoms with E-state index in [1.165, 1.54) is 4.90 Å². The van der Waals surface area contributed by atoms with Gasteiger partial charge in [-0.2, -0.15) is 0 Å². The van der Waals surface area contributed by atoms with Crippen molar-refractivity contribution in [2.45, 2.75) is 18.9 Å². The Morgan fingerprint density at radius 1 is 0.815 bits per heavy atom. The third-order valence-electron chi connectivity index (χ3n) is 4.36. The number of hydrogen-bond donors (Lipinski definition) is 3. The summed E-state index contributed by atoms with van der Waals surface area (Å²) >= 11 is 0. The van der Waals surface area contributed by atoms with Crippen molar-refractivity contribution in [3.05, 3.63) is 0 Å². The Bertz CT molecular complexity index is 403. The first-order chi connectivity index (χ1) is 13.1. The Balaban J connectivity index is 2.69. The number of aliphatic carboxylic acids is 2. The van der Waals surface area contributed by atoms with E-state index < -0.39 is 17.5 Å². The van der Waals surface area contributed by atoms with Crippen LogP contribution in [0.4, 0.5) is 0 Å². The van der Waals surface area contributed by atoms with Gasteiger partial charge in [-0.25, -0.2) is 9.59 Å². The van der Waals surface area contributed by atoms with Crippen LogP contribution in [0.5, 0.6) is 0 Å². The minimum atomic E-state index is -2.01. The van der Waals surface area contributed by atoms with Crippen LogP contribution in [0.15, 0.2) is 0 Å². The summed E-state index contributed by atoms with van der Waals surface area (Å²) in [6.07, 6.45) is -0.0725. The molecule has 0 atom stereocenters. The molecule has 10 heteroatoms. The molecule has 0 radical (unpaired) electrons. The van der Waals surface area contributed by atoms with Crippen molar-refractivity contribution in [3.8, 4) is 0 Å². The first-order valence-electron chi connectivity index (χ1n) is 9.29. The van der Waals surface area contributed by atoms with Gasteiger partial charge in [-0.05, 0) is 6.42 Å². The van der Waals surface area contributed by atoms with E-state index in [-0.39, 0.29) is 32.7 Å². The molecule has 10 nitrogen and oxygen atoms in total. The quantitative estimate of drug-likeness (QED) is 0.527. The number of rotatable bonds is 4. The highest BCUT2D eigenvalue weighted by Gasteiger charge is 2.50. The molecule has 1 aliphatic rings. The average Bonchev–Trinajstić information content (AvgIpc) is 2.63. The Morgan fingerprint density at radius 3 is 1.59 bits per heavy atom. The summed E-state index contributed by atoms with van der Waals surface area (Å²) in [5, 5.41) is 22.4. The molecule has 1 fully saturated rings. The lowest BCUT2D eigenvalue weighted by Crippen LogP contribution is -2.61. The van der Waals surface area contributed by atoms with Crippen LogP contribution in [0.1, 0.15) is 13.3 Å². The highest BCUT2D eigenvalue weighted by Crippen LogP contribution is 2.21. The number of ether oxygens (including phenoxy) is 4. The lowest BCUT2D eigenvalue weighted by Gasteiger charge is -2.36. The number of nitrogens with one attached hydrogen (secondary N) is 1. The van der Waals surface area contributed by atoms with Crippen LogP contribution in [-0.2, 0) is 28.5 Å². The summed E-state index contributed by atoms with van der Waals surface area (Å²) in [5.74, 6) is -2.78. The Labute approximate surface area is 159 Å². The first-order valence-corrected chi connectivity index (χ1v) is 9.29. The van der Waals surface area contributed by atoms with Gasteiger partial charge in [0.1, 0.15) is 0 Å². The van der Waals surface area contributed by atoms with Crippen LogP contribution in [0.2, 0.25) is 0 Å². The standard InChI is InChI=1S/C17H32N2O8/c1-2-17(15(20)21,16(22)23)19-5-9-26-13-11-24-7-3-18-4-8-25-12-14-27-10-6-19/h18H,2-14H2,1H3,(H,20,21)(H,22,23). The number of carboxylic acids is 2. The van der Waals surface area contributed by atoms with Crippen molar-refractivity contribution in [2.24, 2.45) is 0 Å². The highest BCUT2D eigenvalue weighted by molar-refractivity contribution is 6.03. The minimum Gasteiger partial charge on any atom is -0.479 e. The molecule has 1 saturated heterocycles. The van der Waals surface area contributed by atoms with Gasteiger partial charge in [0, 0.05) is 26.2 Å². The Hall–Kier alpha value is -1.30. The normalized spacial score (nSPS) is 21.1. The van der Waals surface area contributed by atoms with Gasteiger partial charge < -0.3 is 34.5 Å². The van der Waals surface area contributed by atoms with E-state index in [4.69, 9.17) is 18.9 Å². The molecule has 0 saturated carbocycles. The van der Waals surface area contributed by atoms with E-state index in [0.717, 1.165) is 0 Å². The van der Waals surface area contributed by atoms with Gasteiger partial charge in [-0.3, -0.25) is 4.90 Å². The predicted molar refractivity (Wildman–Crippen MR) is 96.0 cm³/mol. The molecule has 3 N–H and O–H groups in total. The van der Waals surface area contributed by atoms with Gasteiger partial charge in [0.2, 0.25) is 5.54 Å². The zero-order chi connectivity index (χ0) is 20.0. The van der Waals surface area contributed by atoms with E-state index in [1.54, 1.807) is 6.92 Å². The van der Waals surface area contributed by atoms with E-state index in [2.05, 4.69) is 5.32 Å². The summed E-state index contributed by atoms with van der Waals surface area (Å²) in [7, 11) is 0. The number of nitrogens with zero attached hydrogens (tertiary/aromatic N) is 1. The fourth-order valence-corrected chi connectivity index (χ4v) is 2.79. The van der Waals surface area contributed by atoms with E-state index in [0.29, 0.717) is 52.7 Å². The van der Waals surface area contributed by atoms with Crippen molar-refractivity contribution >= 4 is 11.9 Å². The van der Waals surface area contributed by atoms with Crippen molar-refractivity contribution < 1.29 is 38.7 Å². The summed E-state index contributed by atoms with van der Waals surface area (Å²) < 4.78 is 21.8. The topological polar surface area (TPSA) is 127 Å². The van der Waals surface area contributed by atoms with Gasteiger partial charge in [-0.1, -0.05) is 6.92 Å². The fourth-order valence-electron chi connectivity index (χ4n) is 2.79.